The fourth-order valence-corrected chi connectivity index (χ4v) is 2.67. The van der Waals surface area contributed by atoms with Crippen LogP contribution in [0.1, 0.15) is 65.3 Å². The quantitative estimate of drug-likeness (QED) is 0.337. The summed E-state index contributed by atoms with van der Waals surface area (Å²) in [5, 5.41) is 0. The Hall–Kier alpha value is -2.81. The summed E-state index contributed by atoms with van der Waals surface area (Å²) in [6.07, 6.45) is 3.33. The molecule has 2 aromatic carbocycles. The van der Waals surface area contributed by atoms with Crippen LogP contribution >= 0.6 is 0 Å². The molecule has 26 heavy (non-hydrogen) atoms. The molecule has 0 saturated heterocycles. The molecule has 134 valence electrons. The van der Waals surface area contributed by atoms with Crippen molar-refractivity contribution in [3.8, 4) is 0 Å². The largest absolute Gasteiger partial charge is 0.295 e. The lowest BCUT2D eigenvalue weighted by atomic mass is 9.99. The van der Waals surface area contributed by atoms with Crippen LogP contribution in [0.25, 0.3) is 0 Å². The lowest BCUT2D eigenvalue weighted by Gasteiger charge is -2.04. The van der Waals surface area contributed by atoms with Gasteiger partial charge < -0.3 is 0 Å². The lowest BCUT2D eigenvalue weighted by molar-refractivity contribution is -0.115. The third-order valence-corrected chi connectivity index (χ3v) is 4.29. The molecule has 0 unspecified atom stereocenters. The smallest absolute Gasteiger partial charge is 0.193 e. The van der Waals surface area contributed by atoms with Crippen molar-refractivity contribution in [1.29, 1.82) is 0 Å². The van der Waals surface area contributed by atoms with Gasteiger partial charge in [0.1, 0.15) is 0 Å². The Bertz CT molecular complexity index is 786. The Morgan fingerprint density at radius 3 is 1.88 bits per heavy atom. The highest BCUT2D eigenvalue weighted by Gasteiger charge is 2.11. The first kappa shape index (κ1) is 19.5. The van der Waals surface area contributed by atoms with E-state index in [-0.39, 0.29) is 17.3 Å². The van der Waals surface area contributed by atoms with Gasteiger partial charge in [0, 0.05) is 29.5 Å². The Kier molecular flexibility index (Phi) is 7.22. The molecule has 3 heteroatoms. The van der Waals surface area contributed by atoms with Crippen LogP contribution in [0.3, 0.4) is 0 Å². The number of hydrogen-bond donors (Lipinski definition) is 0. The van der Waals surface area contributed by atoms with Crippen LogP contribution in [0, 0.1) is 0 Å². The molecule has 0 aliphatic carbocycles. The van der Waals surface area contributed by atoms with E-state index >= 15 is 0 Å². The Morgan fingerprint density at radius 1 is 0.731 bits per heavy atom. The van der Waals surface area contributed by atoms with Crippen LogP contribution in [0.15, 0.2) is 66.7 Å². The second kappa shape index (κ2) is 9.62. The maximum atomic E-state index is 12.4. The second-order valence-electron chi connectivity index (χ2n) is 6.46. The lowest BCUT2D eigenvalue weighted by Crippen LogP contribution is -2.03. The zero-order valence-electron chi connectivity index (χ0n) is 15.2. The molecule has 0 bridgehead atoms. The highest BCUT2D eigenvalue weighted by atomic mass is 16.1. The first-order valence-electron chi connectivity index (χ1n) is 8.91. The molecule has 0 fully saturated rings. The molecule has 0 amide bonds. The minimum Gasteiger partial charge on any atom is -0.295 e. The Balaban J connectivity index is 1.82. The van der Waals surface area contributed by atoms with E-state index in [1.807, 2.05) is 18.2 Å². The molecule has 0 aromatic heterocycles. The molecule has 2 aromatic rings. The van der Waals surface area contributed by atoms with E-state index in [9.17, 15) is 14.4 Å². The molecule has 2 rings (SSSR count). The van der Waals surface area contributed by atoms with Crippen LogP contribution in [0.2, 0.25) is 0 Å². The summed E-state index contributed by atoms with van der Waals surface area (Å²) in [4.78, 5) is 36.0. The summed E-state index contributed by atoms with van der Waals surface area (Å²) in [7, 11) is 0. The summed E-state index contributed by atoms with van der Waals surface area (Å²) in [6.45, 7) is 5.35. The van der Waals surface area contributed by atoms with E-state index in [4.69, 9.17) is 0 Å². The maximum absolute atomic E-state index is 12.4. The van der Waals surface area contributed by atoms with Gasteiger partial charge in [-0.1, -0.05) is 67.6 Å². The Labute approximate surface area is 154 Å². The van der Waals surface area contributed by atoms with Crippen molar-refractivity contribution in [1.82, 2.24) is 0 Å². The first-order valence-corrected chi connectivity index (χ1v) is 8.91. The van der Waals surface area contributed by atoms with Crippen LogP contribution in [-0.4, -0.2) is 17.3 Å². The van der Waals surface area contributed by atoms with Gasteiger partial charge in [0.15, 0.2) is 17.3 Å². The molecular weight excluding hydrogens is 324 g/mol. The van der Waals surface area contributed by atoms with Crippen LogP contribution in [-0.2, 0) is 4.79 Å². The van der Waals surface area contributed by atoms with Gasteiger partial charge in [0.2, 0.25) is 0 Å². The van der Waals surface area contributed by atoms with E-state index in [0.29, 0.717) is 35.1 Å². The SMILES string of the molecule is C=C(C)C(=O)CCCCCC(=O)c1ccc(C(=O)c2ccccc2)cc1. The molecule has 0 N–H and O–H groups in total. The summed E-state index contributed by atoms with van der Waals surface area (Å²) >= 11 is 0. The fraction of sp³-hybridized carbons (Fsp3) is 0.261. The third-order valence-electron chi connectivity index (χ3n) is 4.29. The number of hydrogen-bond acceptors (Lipinski definition) is 3. The van der Waals surface area contributed by atoms with Crippen molar-refractivity contribution in [3.63, 3.8) is 0 Å². The van der Waals surface area contributed by atoms with Gasteiger partial charge in [-0.2, -0.15) is 0 Å². The van der Waals surface area contributed by atoms with Crippen LogP contribution in [0.4, 0.5) is 0 Å². The summed E-state index contributed by atoms with van der Waals surface area (Å²) < 4.78 is 0. The average molecular weight is 348 g/mol. The van der Waals surface area contributed by atoms with E-state index in [1.54, 1.807) is 43.3 Å². The Morgan fingerprint density at radius 2 is 1.27 bits per heavy atom. The third kappa shape index (κ3) is 5.62. The van der Waals surface area contributed by atoms with Crippen LogP contribution < -0.4 is 0 Å². The van der Waals surface area contributed by atoms with Crippen molar-refractivity contribution in [2.24, 2.45) is 0 Å². The summed E-state index contributed by atoms with van der Waals surface area (Å²) in [5.41, 5.74) is 2.42. The molecule has 3 nitrogen and oxygen atoms in total. The van der Waals surface area contributed by atoms with Gasteiger partial charge in [0.05, 0.1) is 0 Å². The van der Waals surface area contributed by atoms with E-state index in [0.717, 1.165) is 19.3 Å². The van der Waals surface area contributed by atoms with Crippen molar-refractivity contribution in [2.45, 2.75) is 39.0 Å². The zero-order chi connectivity index (χ0) is 18.9. The number of benzene rings is 2. The highest BCUT2D eigenvalue weighted by Crippen LogP contribution is 2.14. The maximum Gasteiger partial charge on any atom is 0.193 e. The standard InChI is InChI=1S/C23H24O3/c1-17(2)21(24)11-7-4-8-12-22(25)18-13-15-20(16-14-18)23(26)19-9-5-3-6-10-19/h3,5-6,9-10,13-16H,1,4,7-8,11-12H2,2H3. The molecule has 0 saturated carbocycles. The molecule has 0 radical (unpaired) electrons. The minimum atomic E-state index is -0.0493. The monoisotopic (exact) mass is 348 g/mol. The number of allylic oxidation sites excluding steroid dienone is 1. The number of carbonyl (C=O) groups is 3. The molecule has 0 heterocycles. The van der Waals surface area contributed by atoms with Crippen molar-refractivity contribution in [3.05, 3.63) is 83.4 Å². The predicted octanol–water partition coefficient (Wildman–Crippen LogP) is 5.20. The summed E-state index contributed by atoms with van der Waals surface area (Å²) in [5.74, 6) is 0.108. The van der Waals surface area contributed by atoms with E-state index < -0.39 is 0 Å². The number of Topliss-reactive ketones (excluding diaryl/α,β-unsaturated/α-hetero) is 2. The van der Waals surface area contributed by atoms with Crippen molar-refractivity contribution in [2.75, 3.05) is 0 Å². The van der Waals surface area contributed by atoms with E-state index in [2.05, 4.69) is 6.58 Å². The molecule has 0 aliphatic heterocycles. The van der Waals surface area contributed by atoms with Gasteiger partial charge in [-0.3, -0.25) is 14.4 Å². The molecule has 0 atom stereocenters. The second-order valence-corrected chi connectivity index (χ2v) is 6.46. The number of ketones is 3. The minimum absolute atomic E-state index is 0.0493. The average Bonchev–Trinajstić information content (AvgIpc) is 2.67. The molecular formula is C23H24O3. The fourth-order valence-electron chi connectivity index (χ4n) is 2.67. The highest BCUT2D eigenvalue weighted by molar-refractivity contribution is 6.09. The van der Waals surface area contributed by atoms with Gasteiger partial charge in [0.25, 0.3) is 0 Å². The molecule has 0 spiro atoms. The molecule has 0 aliphatic rings. The first-order chi connectivity index (χ1) is 12.5. The number of rotatable bonds is 10. The number of carbonyl (C=O) groups excluding carboxylic acids is 3. The van der Waals surface area contributed by atoms with Crippen LogP contribution in [0.5, 0.6) is 0 Å². The van der Waals surface area contributed by atoms with Gasteiger partial charge in [-0.05, 0) is 25.3 Å². The zero-order valence-corrected chi connectivity index (χ0v) is 15.2. The van der Waals surface area contributed by atoms with Gasteiger partial charge in [-0.25, -0.2) is 0 Å². The predicted molar refractivity (Wildman–Crippen MR) is 104 cm³/mol. The van der Waals surface area contributed by atoms with E-state index in [1.165, 1.54) is 0 Å². The van der Waals surface area contributed by atoms with Crippen molar-refractivity contribution >= 4 is 17.3 Å². The van der Waals surface area contributed by atoms with Crippen molar-refractivity contribution < 1.29 is 14.4 Å². The normalized spacial score (nSPS) is 10.3. The summed E-state index contributed by atoms with van der Waals surface area (Å²) in [6, 6.07) is 15.9. The topological polar surface area (TPSA) is 51.2 Å². The van der Waals surface area contributed by atoms with Gasteiger partial charge >= 0.3 is 0 Å². The number of unbranched alkanes of at least 4 members (excludes halogenated alkanes) is 2. The van der Waals surface area contributed by atoms with Gasteiger partial charge in [-0.15, -0.1) is 0 Å².